The minimum absolute atomic E-state index is 0.0490. The van der Waals surface area contributed by atoms with Crippen LogP contribution in [0.25, 0.3) is 0 Å². The van der Waals surface area contributed by atoms with Gasteiger partial charge in [0.2, 0.25) is 0 Å². The average Bonchev–Trinajstić information content (AvgIpc) is 2.69. The number of halogens is 2. The molecular formula is C14H14Cl2N4O2. The smallest absolute Gasteiger partial charge is 0.283 e. The molecule has 2 aliphatic heterocycles. The summed E-state index contributed by atoms with van der Waals surface area (Å²) in [6, 6.07) is 3.23. The summed E-state index contributed by atoms with van der Waals surface area (Å²) in [5, 5.41) is 3.44. The maximum absolute atomic E-state index is 12.7. The first-order valence-electron chi connectivity index (χ1n) is 6.87. The lowest BCUT2D eigenvalue weighted by Crippen LogP contribution is -2.50. The van der Waals surface area contributed by atoms with Crippen molar-refractivity contribution in [3.8, 4) is 0 Å². The van der Waals surface area contributed by atoms with Crippen molar-refractivity contribution >= 4 is 40.7 Å². The van der Waals surface area contributed by atoms with E-state index < -0.39 is 11.8 Å². The van der Waals surface area contributed by atoms with Gasteiger partial charge >= 0.3 is 0 Å². The van der Waals surface area contributed by atoms with Crippen LogP contribution in [0.3, 0.4) is 0 Å². The molecule has 0 aliphatic carbocycles. The van der Waals surface area contributed by atoms with Gasteiger partial charge in [-0.2, -0.15) is 0 Å². The zero-order chi connectivity index (χ0) is 15.9. The number of carbonyl (C=O) groups excluding carboxylic acids is 2. The van der Waals surface area contributed by atoms with Crippen molar-refractivity contribution in [1.29, 1.82) is 0 Å². The highest BCUT2D eigenvalue weighted by Crippen LogP contribution is 2.32. The molecule has 116 valence electrons. The number of hydrogen-bond donors (Lipinski definition) is 1. The number of rotatable bonds is 2. The fourth-order valence-corrected chi connectivity index (χ4v) is 3.12. The molecule has 2 aliphatic rings. The Morgan fingerprint density at radius 3 is 2.77 bits per heavy atom. The Bertz CT molecular complexity index is 677. The van der Waals surface area contributed by atoms with Crippen LogP contribution in [-0.2, 0) is 9.59 Å². The molecule has 0 saturated carbocycles. The Morgan fingerprint density at radius 2 is 2.09 bits per heavy atom. The van der Waals surface area contributed by atoms with Crippen LogP contribution in [0.1, 0.15) is 6.92 Å². The van der Waals surface area contributed by atoms with E-state index in [0.717, 1.165) is 11.4 Å². The van der Waals surface area contributed by atoms with Crippen LogP contribution in [0.2, 0.25) is 5.15 Å². The molecule has 22 heavy (non-hydrogen) atoms. The van der Waals surface area contributed by atoms with Crippen molar-refractivity contribution in [3.63, 3.8) is 0 Å². The van der Waals surface area contributed by atoms with Gasteiger partial charge in [-0.1, -0.05) is 23.2 Å². The van der Waals surface area contributed by atoms with Crippen molar-refractivity contribution in [3.05, 3.63) is 34.2 Å². The highest BCUT2D eigenvalue weighted by Gasteiger charge is 2.42. The van der Waals surface area contributed by atoms with E-state index in [0.29, 0.717) is 18.8 Å². The highest BCUT2D eigenvalue weighted by molar-refractivity contribution is 6.52. The molecule has 1 fully saturated rings. The number of piperazine rings is 1. The van der Waals surface area contributed by atoms with Gasteiger partial charge in [0.1, 0.15) is 15.9 Å². The standard InChI is InChI=1S/C14H14Cl2N4O2/c1-8-7-19(5-4-17-8)12-11(16)13(21)20(14(12)22)9-2-3-18-10(15)6-9/h2-3,6,8,17H,4-5,7H2,1H3/t8-/m0/s1. The van der Waals surface area contributed by atoms with Crippen LogP contribution < -0.4 is 10.2 Å². The van der Waals surface area contributed by atoms with Crippen molar-refractivity contribution in [2.75, 3.05) is 24.5 Å². The summed E-state index contributed by atoms with van der Waals surface area (Å²) in [4.78, 5) is 31.8. The van der Waals surface area contributed by atoms with Gasteiger partial charge in [-0.25, -0.2) is 9.88 Å². The van der Waals surface area contributed by atoms with Crippen LogP contribution >= 0.6 is 23.2 Å². The van der Waals surface area contributed by atoms with Gasteiger partial charge in [-0.3, -0.25) is 9.59 Å². The number of aromatic nitrogens is 1. The fourth-order valence-electron chi connectivity index (χ4n) is 2.67. The quantitative estimate of drug-likeness (QED) is 0.650. The number of pyridine rings is 1. The maximum atomic E-state index is 12.7. The number of nitrogens with one attached hydrogen (secondary N) is 1. The molecule has 1 aromatic heterocycles. The summed E-state index contributed by atoms with van der Waals surface area (Å²) in [6.07, 6.45) is 1.44. The molecule has 0 aromatic carbocycles. The molecule has 3 rings (SSSR count). The first kappa shape index (κ1) is 15.3. The van der Waals surface area contributed by atoms with Gasteiger partial charge in [0.25, 0.3) is 11.8 Å². The molecule has 1 aromatic rings. The maximum Gasteiger partial charge on any atom is 0.283 e. The minimum atomic E-state index is -0.532. The largest absolute Gasteiger partial charge is 0.363 e. The molecule has 1 N–H and O–H groups in total. The molecule has 0 radical (unpaired) electrons. The van der Waals surface area contributed by atoms with E-state index in [1.807, 2.05) is 11.8 Å². The van der Waals surface area contributed by atoms with E-state index in [1.165, 1.54) is 12.3 Å². The second kappa shape index (κ2) is 5.87. The lowest BCUT2D eigenvalue weighted by atomic mass is 10.2. The highest BCUT2D eigenvalue weighted by atomic mass is 35.5. The molecule has 3 heterocycles. The zero-order valence-corrected chi connectivity index (χ0v) is 13.4. The third-order valence-corrected chi connectivity index (χ3v) is 4.21. The van der Waals surface area contributed by atoms with E-state index in [9.17, 15) is 9.59 Å². The molecule has 2 amide bonds. The lowest BCUT2D eigenvalue weighted by molar-refractivity contribution is -0.121. The number of nitrogens with zero attached hydrogens (tertiary/aromatic N) is 3. The first-order valence-corrected chi connectivity index (χ1v) is 7.63. The van der Waals surface area contributed by atoms with E-state index in [4.69, 9.17) is 23.2 Å². The predicted molar refractivity (Wildman–Crippen MR) is 83.7 cm³/mol. The third-order valence-electron chi connectivity index (χ3n) is 3.66. The first-order chi connectivity index (χ1) is 10.5. The summed E-state index contributed by atoms with van der Waals surface area (Å²) >= 11 is 12.0. The number of imide groups is 1. The monoisotopic (exact) mass is 340 g/mol. The Balaban J connectivity index is 1.93. The second-order valence-electron chi connectivity index (χ2n) is 5.25. The summed E-state index contributed by atoms with van der Waals surface area (Å²) in [6.45, 7) is 4.00. The normalized spacial score (nSPS) is 22.8. The Morgan fingerprint density at radius 1 is 1.32 bits per heavy atom. The fraction of sp³-hybridized carbons (Fsp3) is 0.357. The Kier molecular flexibility index (Phi) is 4.08. The van der Waals surface area contributed by atoms with Crippen molar-refractivity contribution < 1.29 is 9.59 Å². The summed E-state index contributed by atoms with van der Waals surface area (Å²) in [5.74, 6) is -0.957. The van der Waals surface area contributed by atoms with Crippen LogP contribution in [-0.4, -0.2) is 47.4 Å². The van der Waals surface area contributed by atoms with E-state index in [1.54, 1.807) is 6.07 Å². The number of hydrogen-bond acceptors (Lipinski definition) is 5. The zero-order valence-electron chi connectivity index (χ0n) is 11.8. The predicted octanol–water partition coefficient (Wildman–Crippen LogP) is 1.35. The van der Waals surface area contributed by atoms with Crippen molar-refractivity contribution in [2.45, 2.75) is 13.0 Å². The SMILES string of the molecule is C[C@H]1CN(C2=C(Cl)C(=O)N(c3ccnc(Cl)c3)C2=O)CCN1. The van der Waals surface area contributed by atoms with Gasteiger partial charge in [0, 0.05) is 31.9 Å². The molecule has 8 heteroatoms. The van der Waals surface area contributed by atoms with E-state index in [-0.39, 0.29) is 21.9 Å². The summed E-state index contributed by atoms with van der Waals surface area (Å²) in [7, 11) is 0. The van der Waals surface area contributed by atoms with E-state index >= 15 is 0 Å². The molecular weight excluding hydrogens is 327 g/mol. The van der Waals surface area contributed by atoms with E-state index in [2.05, 4.69) is 10.3 Å². The summed E-state index contributed by atoms with van der Waals surface area (Å²) < 4.78 is 0. The molecule has 1 saturated heterocycles. The summed E-state index contributed by atoms with van der Waals surface area (Å²) in [5.41, 5.74) is 0.624. The molecule has 0 spiro atoms. The minimum Gasteiger partial charge on any atom is -0.363 e. The molecule has 0 bridgehead atoms. The van der Waals surface area contributed by atoms with Gasteiger partial charge in [-0.15, -0.1) is 0 Å². The topological polar surface area (TPSA) is 65.5 Å². The van der Waals surface area contributed by atoms with Crippen LogP contribution in [0.5, 0.6) is 0 Å². The average molecular weight is 341 g/mol. The third kappa shape index (κ3) is 2.58. The van der Waals surface area contributed by atoms with Crippen molar-refractivity contribution in [2.24, 2.45) is 0 Å². The lowest BCUT2D eigenvalue weighted by Gasteiger charge is -2.33. The molecule has 1 atom stereocenters. The second-order valence-corrected chi connectivity index (χ2v) is 6.01. The number of anilines is 1. The Labute approximate surface area is 137 Å². The van der Waals surface area contributed by atoms with Crippen LogP contribution in [0.15, 0.2) is 29.1 Å². The number of amides is 2. The van der Waals surface area contributed by atoms with Gasteiger partial charge in [0.05, 0.1) is 5.69 Å². The van der Waals surface area contributed by atoms with Crippen molar-refractivity contribution in [1.82, 2.24) is 15.2 Å². The number of carbonyl (C=O) groups is 2. The van der Waals surface area contributed by atoms with Crippen LogP contribution in [0, 0.1) is 0 Å². The van der Waals surface area contributed by atoms with Gasteiger partial charge < -0.3 is 10.2 Å². The Hall–Kier alpha value is -1.63. The molecule has 6 nitrogen and oxygen atoms in total. The van der Waals surface area contributed by atoms with Gasteiger partial charge in [-0.05, 0) is 19.1 Å². The molecule has 0 unspecified atom stereocenters. The van der Waals surface area contributed by atoms with Gasteiger partial charge in [0.15, 0.2) is 0 Å². The van der Waals surface area contributed by atoms with Crippen LogP contribution in [0.4, 0.5) is 5.69 Å².